The molecule has 3 nitrogen and oxygen atoms in total. The third kappa shape index (κ3) is 2.87. The summed E-state index contributed by atoms with van der Waals surface area (Å²) in [6.45, 7) is 0. The predicted molar refractivity (Wildman–Crippen MR) is 47.6 cm³/mol. The van der Waals surface area contributed by atoms with Crippen LogP contribution >= 0.6 is 0 Å². The summed E-state index contributed by atoms with van der Waals surface area (Å²) >= 11 is 0. The lowest BCUT2D eigenvalue weighted by Gasteiger charge is -2.11. The molecule has 0 saturated carbocycles. The minimum absolute atomic E-state index is 0.160. The van der Waals surface area contributed by atoms with Crippen LogP contribution in [0.15, 0.2) is 18.2 Å². The van der Waals surface area contributed by atoms with E-state index in [1.807, 2.05) is 0 Å². The van der Waals surface area contributed by atoms with Crippen molar-refractivity contribution in [3.63, 3.8) is 0 Å². The first-order chi connectivity index (χ1) is 6.81. The number of hydrogen-bond donors (Lipinski definition) is 2. The normalized spacial score (nSPS) is 11.4. The highest BCUT2D eigenvalue weighted by atomic mass is 19.4. The number of rotatable bonds is 2. The van der Waals surface area contributed by atoms with Gasteiger partial charge in [0.15, 0.2) is 0 Å². The Labute approximate surface area is 83.3 Å². The van der Waals surface area contributed by atoms with Crippen molar-refractivity contribution in [1.82, 2.24) is 0 Å². The summed E-state index contributed by atoms with van der Waals surface area (Å²) in [5.41, 5.74) is 4.34. The van der Waals surface area contributed by atoms with Gasteiger partial charge in [0, 0.05) is 5.69 Å². The second-order valence-corrected chi connectivity index (χ2v) is 2.97. The molecule has 3 N–H and O–H groups in total. The number of carboxylic acids is 1. The number of anilines is 1. The van der Waals surface area contributed by atoms with Crippen molar-refractivity contribution < 1.29 is 23.1 Å². The standard InChI is InChI=1S/C9H8F3NO2/c10-9(11,12)4-6-5(8(14)15)2-1-3-7(6)13/h1-3H,4,13H2,(H,14,15). The van der Waals surface area contributed by atoms with E-state index in [-0.39, 0.29) is 5.69 Å². The lowest BCUT2D eigenvalue weighted by Crippen LogP contribution is -2.16. The van der Waals surface area contributed by atoms with E-state index in [2.05, 4.69) is 0 Å². The molecule has 0 saturated heterocycles. The summed E-state index contributed by atoms with van der Waals surface area (Å²) in [5.74, 6) is -1.42. The molecule has 6 heteroatoms. The molecular formula is C9H8F3NO2. The largest absolute Gasteiger partial charge is 0.478 e. The second-order valence-electron chi connectivity index (χ2n) is 2.97. The fourth-order valence-electron chi connectivity index (χ4n) is 1.20. The molecule has 0 spiro atoms. The average molecular weight is 219 g/mol. The van der Waals surface area contributed by atoms with Gasteiger partial charge in [-0.2, -0.15) is 13.2 Å². The Bertz CT molecular complexity index is 387. The number of carbonyl (C=O) groups is 1. The van der Waals surface area contributed by atoms with E-state index in [1.54, 1.807) is 0 Å². The van der Waals surface area contributed by atoms with Crippen LogP contribution in [0.2, 0.25) is 0 Å². The fourth-order valence-corrected chi connectivity index (χ4v) is 1.20. The minimum atomic E-state index is -4.47. The van der Waals surface area contributed by atoms with Gasteiger partial charge in [-0.25, -0.2) is 4.79 Å². The first-order valence-corrected chi connectivity index (χ1v) is 3.98. The van der Waals surface area contributed by atoms with Crippen LogP contribution in [0.5, 0.6) is 0 Å². The lowest BCUT2D eigenvalue weighted by molar-refractivity contribution is -0.127. The second kappa shape index (κ2) is 3.80. The number of halogens is 3. The number of alkyl halides is 3. The molecule has 0 aliphatic rings. The Morgan fingerprint density at radius 1 is 1.40 bits per heavy atom. The van der Waals surface area contributed by atoms with Crippen LogP contribution in [0.4, 0.5) is 18.9 Å². The van der Waals surface area contributed by atoms with Crippen molar-refractivity contribution in [3.05, 3.63) is 29.3 Å². The van der Waals surface area contributed by atoms with Crippen molar-refractivity contribution in [2.45, 2.75) is 12.6 Å². The Morgan fingerprint density at radius 3 is 2.47 bits per heavy atom. The fraction of sp³-hybridized carbons (Fsp3) is 0.222. The summed E-state index contributed by atoms with van der Waals surface area (Å²) in [5, 5.41) is 8.66. The first kappa shape index (κ1) is 11.4. The Hall–Kier alpha value is -1.72. The number of hydrogen-bond acceptors (Lipinski definition) is 2. The smallest absolute Gasteiger partial charge is 0.393 e. The number of benzene rings is 1. The molecule has 0 unspecified atom stereocenters. The van der Waals surface area contributed by atoms with Crippen LogP contribution in [0.1, 0.15) is 15.9 Å². The Morgan fingerprint density at radius 2 is 2.00 bits per heavy atom. The van der Waals surface area contributed by atoms with Gasteiger partial charge in [0.05, 0.1) is 12.0 Å². The number of nitrogen functional groups attached to an aromatic ring is 1. The zero-order valence-electron chi connectivity index (χ0n) is 7.51. The van der Waals surface area contributed by atoms with E-state index in [9.17, 15) is 18.0 Å². The molecule has 0 aliphatic heterocycles. The van der Waals surface area contributed by atoms with E-state index < -0.39 is 29.7 Å². The van der Waals surface area contributed by atoms with E-state index in [1.165, 1.54) is 12.1 Å². The highest BCUT2D eigenvalue weighted by Gasteiger charge is 2.31. The van der Waals surface area contributed by atoms with Crippen LogP contribution in [-0.2, 0) is 6.42 Å². The predicted octanol–water partition coefficient (Wildman–Crippen LogP) is 2.07. The van der Waals surface area contributed by atoms with Gasteiger partial charge in [0.2, 0.25) is 0 Å². The Kier molecular flexibility index (Phi) is 2.88. The van der Waals surface area contributed by atoms with E-state index in [0.717, 1.165) is 6.07 Å². The molecule has 82 valence electrons. The van der Waals surface area contributed by atoms with Gasteiger partial charge in [-0.3, -0.25) is 0 Å². The van der Waals surface area contributed by atoms with Crippen molar-refractivity contribution in [2.24, 2.45) is 0 Å². The third-order valence-corrected chi connectivity index (χ3v) is 1.82. The molecule has 1 rings (SSSR count). The van der Waals surface area contributed by atoms with Gasteiger partial charge >= 0.3 is 12.1 Å². The van der Waals surface area contributed by atoms with Crippen LogP contribution in [-0.4, -0.2) is 17.3 Å². The summed E-state index contributed by atoms with van der Waals surface area (Å²) < 4.78 is 36.3. The molecule has 15 heavy (non-hydrogen) atoms. The lowest BCUT2D eigenvalue weighted by atomic mass is 10.0. The van der Waals surface area contributed by atoms with E-state index in [4.69, 9.17) is 10.8 Å². The molecule has 0 bridgehead atoms. The third-order valence-electron chi connectivity index (χ3n) is 1.82. The molecule has 0 heterocycles. The summed E-state index contributed by atoms with van der Waals surface area (Å²) in [6, 6.07) is 3.64. The van der Waals surface area contributed by atoms with Crippen molar-refractivity contribution in [2.75, 3.05) is 5.73 Å². The maximum Gasteiger partial charge on any atom is 0.393 e. The Balaban J connectivity index is 3.19. The highest BCUT2D eigenvalue weighted by molar-refractivity contribution is 5.91. The summed E-state index contributed by atoms with van der Waals surface area (Å²) in [7, 11) is 0. The zero-order chi connectivity index (χ0) is 11.6. The van der Waals surface area contributed by atoms with E-state index >= 15 is 0 Å². The number of nitrogens with two attached hydrogens (primary N) is 1. The van der Waals surface area contributed by atoms with Crippen LogP contribution in [0.25, 0.3) is 0 Å². The van der Waals surface area contributed by atoms with Crippen LogP contribution in [0, 0.1) is 0 Å². The van der Waals surface area contributed by atoms with Crippen LogP contribution in [0.3, 0.4) is 0 Å². The molecule has 0 fully saturated rings. The van der Waals surface area contributed by atoms with Gasteiger partial charge in [0.25, 0.3) is 0 Å². The molecule has 0 aromatic heterocycles. The van der Waals surface area contributed by atoms with Gasteiger partial charge < -0.3 is 10.8 Å². The molecule has 0 amide bonds. The summed E-state index contributed by atoms with van der Waals surface area (Å²) in [6.07, 6.45) is -5.80. The number of carboxylic acid groups (broad SMARTS) is 1. The molecule has 0 atom stereocenters. The highest BCUT2D eigenvalue weighted by Crippen LogP contribution is 2.27. The van der Waals surface area contributed by atoms with Gasteiger partial charge in [-0.15, -0.1) is 0 Å². The zero-order valence-corrected chi connectivity index (χ0v) is 7.51. The molecule has 1 aromatic carbocycles. The van der Waals surface area contributed by atoms with Crippen molar-refractivity contribution >= 4 is 11.7 Å². The van der Waals surface area contributed by atoms with Gasteiger partial charge in [-0.1, -0.05) is 6.07 Å². The molecule has 0 radical (unpaired) electrons. The molecule has 0 aliphatic carbocycles. The van der Waals surface area contributed by atoms with Crippen molar-refractivity contribution in [3.8, 4) is 0 Å². The van der Waals surface area contributed by atoms with Crippen molar-refractivity contribution in [1.29, 1.82) is 0 Å². The maximum atomic E-state index is 12.1. The average Bonchev–Trinajstić information content (AvgIpc) is 2.05. The van der Waals surface area contributed by atoms with E-state index in [0.29, 0.717) is 0 Å². The topological polar surface area (TPSA) is 63.3 Å². The SMILES string of the molecule is Nc1cccc(C(=O)O)c1CC(F)(F)F. The molecular weight excluding hydrogens is 211 g/mol. The van der Waals surface area contributed by atoms with Crippen LogP contribution < -0.4 is 5.73 Å². The first-order valence-electron chi connectivity index (χ1n) is 3.98. The maximum absolute atomic E-state index is 12.1. The minimum Gasteiger partial charge on any atom is -0.478 e. The summed E-state index contributed by atoms with van der Waals surface area (Å²) in [4.78, 5) is 10.6. The van der Waals surface area contributed by atoms with Gasteiger partial charge in [0.1, 0.15) is 0 Å². The monoisotopic (exact) mass is 219 g/mol. The number of aromatic carboxylic acids is 1. The molecule has 1 aromatic rings. The van der Waals surface area contributed by atoms with Gasteiger partial charge in [-0.05, 0) is 17.7 Å². The quantitative estimate of drug-likeness (QED) is 0.748.